The van der Waals surface area contributed by atoms with Crippen LogP contribution in [0.3, 0.4) is 0 Å². The third kappa shape index (κ3) is 1.88. The van der Waals surface area contributed by atoms with Crippen molar-refractivity contribution in [3.63, 3.8) is 0 Å². The first-order valence-electron chi connectivity index (χ1n) is 2.24. The van der Waals surface area contributed by atoms with Crippen LogP contribution in [0.4, 0.5) is 4.39 Å². The second-order valence-corrected chi connectivity index (χ2v) is 1.59. The van der Waals surface area contributed by atoms with E-state index in [9.17, 15) is 4.39 Å². The standard InChI is InChI=1S/C4H8FN.CH4/c5-4-1-2-6-3-4;/h4,6H,1-3H2;1H4. The van der Waals surface area contributed by atoms with Gasteiger partial charge in [0.1, 0.15) is 6.17 Å². The van der Waals surface area contributed by atoms with Crippen molar-refractivity contribution in [1.29, 1.82) is 0 Å². The number of rotatable bonds is 0. The van der Waals surface area contributed by atoms with Gasteiger partial charge in [-0.3, -0.25) is 0 Å². The quantitative estimate of drug-likeness (QED) is 0.483. The molecule has 1 saturated heterocycles. The van der Waals surface area contributed by atoms with E-state index in [-0.39, 0.29) is 7.43 Å². The molecule has 0 radical (unpaired) electrons. The largest absolute Gasteiger partial charge is 0.314 e. The molecule has 0 spiro atoms. The fraction of sp³-hybridized carbons (Fsp3) is 1.00. The van der Waals surface area contributed by atoms with Crippen LogP contribution in [0, 0.1) is 0 Å². The molecule has 2 heteroatoms. The van der Waals surface area contributed by atoms with Crippen LogP contribution < -0.4 is 5.32 Å². The van der Waals surface area contributed by atoms with Gasteiger partial charge in [0.2, 0.25) is 0 Å². The molecular weight excluding hydrogens is 93.1 g/mol. The van der Waals surface area contributed by atoms with E-state index in [4.69, 9.17) is 0 Å². The summed E-state index contributed by atoms with van der Waals surface area (Å²) in [4.78, 5) is 0. The maximum atomic E-state index is 11.9. The summed E-state index contributed by atoms with van der Waals surface area (Å²) in [5.41, 5.74) is 0. The van der Waals surface area contributed by atoms with Gasteiger partial charge >= 0.3 is 0 Å². The Kier molecular flexibility index (Phi) is 2.92. The van der Waals surface area contributed by atoms with Crippen molar-refractivity contribution in [2.75, 3.05) is 13.1 Å². The average molecular weight is 105 g/mol. The summed E-state index contributed by atoms with van der Waals surface area (Å²) < 4.78 is 11.9. The smallest absolute Gasteiger partial charge is 0.114 e. The highest BCUT2D eigenvalue weighted by Gasteiger charge is 2.10. The van der Waals surface area contributed by atoms with E-state index in [0.29, 0.717) is 13.0 Å². The zero-order valence-electron chi connectivity index (χ0n) is 3.58. The van der Waals surface area contributed by atoms with Gasteiger partial charge in [0, 0.05) is 6.54 Å². The van der Waals surface area contributed by atoms with Gasteiger partial charge in [0.05, 0.1) is 0 Å². The second-order valence-electron chi connectivity index (χ2n) is 1.59. The lowest BCUT2D eigenvalue weighted by Crippen LogP contribution is -2.08. The molecule has 0 aromatic carbocycles. The van der Waals surface area contributed by atoms with E-state index in [0.717, 1.165) is 6.54 Å². The molecule has 1 unspecified atom stereocenters. The van der Waals surface area contributed by atoms with Crippen molar-refractivity contribution in [2.45, 2.75) is 20.0 Å². The molecular formula is C5H12FN. The van der Waals surface area contributed by atoms with Crippen LogP contribution in [-0.4, -0.2) is 19.3 Å². The summed E-state index contributed by atoms with van der Waals surface area (Å²) in [6.45, 7) is 1.43. The van der Waals surface area contributed by atoms with Crippen molar-refractivity contribution in [2.24, 2.45) is 0 Å². The minimum atomic E-state index is -0.565. The summed E-state index contributed by atoms with van der Waals surface area (Å²) >= 11 is 0. The predicted octanol–water partition coefficient (Wildman–Crippen LogP) is 0.954. The Hall–Kier alpha value is -0.110. The molecule has 1 nitrogen and oxygen atoms in total. The van der Waals surface area contributed by atoms with Gasteiger partial charge in [-0.15, -0.1) is 0 Å². The number of alkyl halides is 1. The molecule has 1 fully saturated rings. The number of nitrogens with one attached hydrogen (secondary N) is 1. The Morgan fingerprint density at radius 2 is 2.29 bits per heavy atom. The Morgan fingerprint density at radius 3 is 2.43 bits per heavy atom. The molecule has 1 aliphatic heterocycles. The van der Waals surface area contributed by atoms with Crippen LogP contribution in [0.2, 0.25) is 0 Å². The van der Waals surface area contributed by atoms with Gasteiger partial charge in [-0.25, -0.2) is 4.39 Å². The molecule has 0 aromatic rings. The average Bonchev–Trinajstić information content (AvgIpc) is 1.86. The molecule has 1 heterocycles. The van der Waals surface area contributed by atoms with Gasteiger partial charge in [0.25, 0.3) is 0 Å². The highest BCUT2D eigenvalue weighted by molar-refractivity contribution is 4.68. The number of hydrogen-bond acceptors (Lipinski definition) is 1. The van der Waals surface area contributed by atoms with Gasteiger partial charge < -0.3 is 5.32 Å². The lowest BCUT2D eigenvalue weighted by molar-refractivity contribution is 0.361. The van der Waals surface area contributed by atoms with Gasteiger partial charge in [-0.1, -0.05) is 7.43 Å². The topological polar surface area (TPSA) is 12.0 Å². The third-order valence-electron chi connectivity index (χ3n) is 1.00. The Morgan fingerprint density at radius 1 is 1.57 bits per heavy atom. The highest BCUT2D eigenvalue weighted by atomic mass is 19.1. The predicted molar refractivity (Wildman–Crippen MR) is 29.1 cm³/mol. The zero-order chi connectivity index (χ0) is 4.41. The Bertz CT molecular complexity index is 41.3. The van der Waals surface area contributed by atoms with Crippen molar-refractivity contribution in [1.82, 2.24) is 5.32 Å². The molecule has 1 atom stereocenters. The first-order valence-corrected chi connectivity index (χ1v) is 2.24. The lowest BCUT2D eigenvalue weighted by Gasteiger charge is -1.86. The molecule has 7 heavy (non-hydrogen) atoms. The Labute approximate surface area is 43.9 Å². The van der Waals surface area contributed by atoms with E-state index in [1.54, 1.807) is 0 Å². The zero-order valence-corrected chi connectivity index (χ0v) is 3.58. The van der Waals surface area contributed by atoms with Crippen molar-refractivity contribution in [3.05, 3.63) is 0 Å². The highest BCUT2D eigenvalue weighted by Crippen LogP contribution is 1.99. The molecule has 0 bridgehead atoms. The molecule has 0 amide bonds. The maximum Gasteiger partial charge on any atom is 0.114 e. The monoisotopic (exact) mass is 105 g/mol. The van der Waals surface area contributed by atoms with Crippen LogP contribution in [0.15, 0.2) is 0 Å². The van der Waals surface area contributed by atoms with Gasteiger partial charge in [0.15, 0.2) is 0 Å². The molecule has 1 N–H and O–H groups in total. The van der Waals surface area contributed by atoms with Crippen LogP contribution in [0.1, 0.15) is 13.8 Å². The van der Waals surface area contributed by atoms with Crippen molar-refractivity contribution >= 4 is 0 Å². The van der Waals surface area contributed by atoms with E-state index in [1.165, 1.54) is 0 Å². The lowest BCUT2D eigenvalue weighted by atomic mass is 10.4. The van der Waals surface area contributed by atoms with Crippen LogP contribution in [-0.2, 0) is 0 Å². The summed E-state index contributed by atoms with van der Waals surface area (Å²) in [7, 11) is 0. The van der Waals surface area contributed by atoms with Gasteiger partial charge in [-0.05, 0) is 13.0 Å². The first-order chi connectivity index (χ1) is 2.89. The summed E-state index contributed by atoms with van der Waals surface area (Å²) in [5.74, 6) is 0. The maximum absolute atomic E-state index is 11.9. The third-order valence-corrected chi connectivity index (χ3v) is 1.00. The first kappa shape index (κ1) is 6.89. The fourth-order valence-corrected chi connectivity index (χ4v) is 0.619. The minimum absolute atomic E-state index is 0. The SMILES string of the molecule is C.FC1CCNC1. The molecule has 0 saturated carbocycles. The fourth-order valence-electron chi connectivity index (χ4n) is 0.619. The van der Waals surface area contributed by atoms with E-state index in [1.807, 2.05) is 0 Å². The summed E-state index contributed by atoms with van der Waals surface area (Å²) in [6, 6.07) is 0. The van der Waals surface area contributed by atoms with Crippen LogP contribution in [0.5, 0.6) is 0 Å². The summed E-state index contributed by atoms with van der Waals surface area (Å²) in [6.07, 6.45) is 0.144. The van der Waals surface area contributed by atoms with Crippen LogP contribution in [0.25, 0.3) is 0 Å². The number of hydrogen-bond donors (Lipinski definition) is 1. The molecule has 1 rings (SSSR count). The molecule has 0 aromatic heterocycles. The molecule has 44 valence electrons. The minimum Gasteiger partial charge on any atom is -0.314 e. The van der Waals surface area contributed by atoms with Crippen LogP contribution >= 0.6 is 0 Å². The Balaban J connectivity index is 0.000000360. The van der Waals surface area contributed by atoms with Gasteiger partial charge in [-0.2, -0.15) is 0 Å². The molecule has 1 aliphatic rings. The molecule has 0 aliphatic carbocycles. The van der Waals surface area contributed by atoms with E-state index < -0.39 is 6.17 Å². The van der Waals surface area contributed by atoms with Crippen molar-refractivity contribution < 1.29 is 4.39 Å². The number of halogens is 1. The summed E-state index contributed by atoms with van der Waals surface area (Å²) in [5, 5.41) is 2.90. The van der Waals surface area contributed by atoms with E-state index in [2.05, 4.69) is 5.32 Å². The second kappa shape index (κ2) is 2.97. The normalized spacial score (nSPS) is 29.6. The van der Waals surface area contributed by atoms with E-state index >= 15 is 0 Å². The van der Waals surface area contributed by atoms with Crippen molar-refractivity contribution in [3.8, 4) is 0 Å².